The normalized spacial score (nSPS) is 12.3. The number of carbonyl (C=O) groups excluding carboxylic acids is 1. The first kappa shape index (κ1) is 20.7. The number of ketones is 1. The lowest BCUT2D eigenvalue weighted by molar-refractivity contribution is 0.102. The van der Waals surface area contributed by atoms with Crippen LogP contribution in [-0.4, -0.2) is 33.1 Å². The Labute approximate surface area is 193 Å². The van der Waals surface area contributed by atoms with Crippen LogP contribution in [0.3, 0.4) is 0 Å². The van der Waals surface area contributed by atoms with Crippen molar-refractivity contribution >= 4 is 29.1 Å². The van der Waals surface area contributed by atoms with E-state index in [0.29, 0.717) is 27.4 Å². The third-order valence-electron chi connectivity index (χ3n) is 5.17. The van der Waals surface area contributed by atoms with Crippen molar-refractivity contribution in [3.05, 3.63) is 70.5 Å². The van der Waals surface area contributed by atoms with Crippen molar-refractivity contribution in [2.24, 2.45) is 0 Å². The van der Waals surface area contributed by atoms with Crippen molar-refractivity contribution in [2.45, 2.75) is 19.1 Å². The molecule has 5 rings (SSSR count). The maximum absolute atomic E-state index is 13.0. The molecule has 0 spiro atoms. The summed E-state index contributed by atoms with van der Waals surface area (Å²) in [4.78, 5) is 13.0. The topological polar surface area (TPSA) is 79.4 Å². The molecule has 2 aromatic carbocycles. The fourth-order valence-corrected chi connectivity index (χ4v) is 4.42. The zero-order chi connectivity index (χ0) is 22.2. The van der Waals surface area contributed by atoms with Crippen LogP contribution >= 0.6 is 23.4 Å². The molecular formula is C23H18ClN3O4S. The van der Waals surface area contributed by atoms with E-state index in [-0.39, 0.29) is 18.3 Å². The van der Waals surface area contributed by atoms with Crippen LogP contribution in [0.1, 0.15) is 21.7 Å². The molecule has 1 aliphatic heterocycles. The van der Waals surface area contributed by atoms with Gasteiger partial charge in [-0.05, 0) is 56.3 Å². The van der Waals surface area contributed by atoms with E-state index in [9.17, 15) is 4.79 Å². The van der Waals surface area contributed by atoms with Gasteiger partial charge in [0.15, 0.2) is 17.3 Å². The van der Waals surface area contributed by atoms with Crippen LogP contribution in [-0.2, 0) is 0 Å². The Morgan fingerprint density at radius 3 is 2.66 bits per heavy atom. The van der Waals surface area contributed by atoms with Gasteiger partial charge in [-0.3, -0.25) is 4.79 Å². The van der Waals surface area contributed by atoms with Crippen LogP contribution in [0.2, 0.25) is 5.02 Å². The molecule has 4 aromatic rings. The average molecular weight is 468 g/mol. The third-order valence-corrected chi connectivity index (χ3v) is 6.24. The molecule has 0 N–H and O–H groups in total. The van der Waals surface area contributed by atoms with Gasteiger partial charge in [0.1, 0.15) is 0 Å². The monoisotopic (exact) mass is 467 g/mol. The number of halogens is 1. The molecule has 3 heterocycles. The molecule has 162 valence electrons. The first-order valence-corrected chi connectivity index (χ1v) is 11.2. The average Bonchev–Trinajstić information content (AvgIpc) is 3.51. The number of thioether (sulfide) groups is 1. The SMILES string of the molecule is Cc1cc(C(=O)CSc2nnc(-c3ccc(Cl)cc3)o2)c(C)n1-c1ccc2c(c1)OCO2. The van der Waals surface area contributed by atoms with Crippen molar-refractivity contribution in [1.82, 2.24) is 14.8 Å². The van der Waals surface area contributed by atoms with E-state index < -0.39 is 0 Å². The van der Waals surface area contributed by atoms with E-state index in [2.05, 4.69) is 10.2 Å². The van der Waals surface area contributed by atoms with Gasteiger partial charge in [0.05, 0.1) is 5.75 Å². The van der Waals surface area contributed by atoms with Gasteiger partial charge >= 0.3 is 0 Å². The van der Waals surface area contributed by atoms with Crippen molar-refractivity contribution in [2.75, 3.05) is 12.5 Å². The number of hydrogen-bond acceptors (Lipinski definition) is 7. The number of rotatable bonds is 6. The molecule has 0 amide bonds. The van der Waals surface area contributed by atoms with Crippen molar-refractivity contribution in [1.29, 1.82) is 0 Å². The number of ether oxygens (including phenoxy) is 2. The predicted octanol–water partition coefficient (Wildman–Crippen LogP) is 5.50. The van der Waals surface area contributed by atoms with E-state index in [1.54, 1.807) is 24.3 Å². The maximum atomic E-state index is 13.0. The van der Waals surface area contributed by atoms with Crippen LogP contribution in [0.4, 0.5) is 0 Å². The maximum Gasteiger partial charge on any atom is 0.277 e. The summed E-state index contributed by atoms with van der Waals surface area (Å²) in [7, 11) is 0. The van der Waals surface area contributed by atoms with Crippen LogP contribution in [0.25, 0.3) is 17.1 Å². The minimum absolute atomic E-state index is 0.0127. The Morgan fingerprint density at radius 2 is 1.84 bits per heavy atom. The smallest absolute Gasteiger partial charge is 0.277 e. The lowest BCUT2D eigenvalue weighted by Crippen LogP contribution is -2.05. The number of carbonyl (C=O) groups is 1. The first-order chi connectivity index (χ1) is 15.5. The highest BCUT2D eigenvalue weighted by molar-refractivity contribution is 7.99. The molecule has 0 unspecified atom stereocenters. The van der Waals surface area contributed by atoms with Crippen molar-refractivity contribution < 1.29 is 18.7 Å². The highest BCUT2D eigenvalue weighted by Crippen LogP contribution is 2.35. The number of Topliss-reactive ketones (excluding diaryl/α,β-unsaturated/α-hetero) is 1. The van der Waals surface area contributed by atoms with Gasteiger partial charge in [-0.2, -0.15) is 0 Å². The van der Waals surface area contributed by atoms with E-state index in [1.165, 1.54) is 11.8 Å². The van der Waals surface area contributed by atoms with E-state index in [0.717, 1.165) is 28.4 Å². The Bertz CT molecular complexity index is 1310. The molecule has 32 heavy (non-hydrogen) atoms. The number of benzene rings is 2. The molecule has 0 aliphatic carbocycles. The molecule has 0 saturated carbocycles. The zero-order valence-corrected chi connectivity index (χ0v) is 18.9. The molecule has 0 bridgehead atoms. The van der Waals surface area contributed by atoms with Gasteiger partial charge in [-0.25, -0.2) is 0 Å². The lowest BCUT2D eigenvalue weighted by Gasteiger charge is -2.10. The quantitative estimate of drug-likeness (QED) is 0.273. The summed E-state index contributed by atoms with van der Waals surface area (Å²) >= 11 is 7.13. The molecular weight excluding hydrogens is 450 g/mol. The summed E-state index contributed by atoms with van der Waals surface area (Å²) in [5.74, 6) is 1.99. The molecule has 0 fully saturated rings. The van der Waals surface area contributed by atoms with Gasteiger partial charge in [-0.15, -0.1) is 10.2 Å². The van der Waals surface area contributed by atoms with Gasteiger partial charge in [0.2, 0.25) is 12.7 Å². The minimum Gasteiger partial charge on any atom is -0.454 e. The fraction of sp³-hybridized carbons (Fsp3) is 0.174. The fourth-order valence-electron chi connectivity index (χ4n) is 3.65. The Balaban J connectivity index is 1.31. The van der Waals surface area contributed by atoms with Crippen molar-refractivity contribution in [3.63, 3.8) is 0 Å². The highest BCUT2D eigenvalue weighted by atomic mass is 35.5. The van der Waals surface area contributed by atoms with E-state index in [1.807, 2.05) is 42.7 Å². The Morgan fingerprint density at radius 1 is 1.06 bits per heavy atom. The Kier molecular flexibility index (Phi) is 5.40. The number of nitrogens with zero attached hydrogens (tertiary/aromatic N) is 3. The second kappa shape index (κ2) is 8.37. The van der Waals surface area contributed by atoms with Gasteiger partial charge in [-0.1, -0.05) is 23.4 Å². The standard InChI is InChI=1S/C23H18ClN3O4S/c1-13-9-18(14(2)27(13)17-7-8-20-21(10-17)30-12-29-20)19(28)11-32-23-26-25-22(31-23)15-3-5-16(24)6-4-15/h3-10H,11-12H2,1-2H3. The van der Waals surface area contributed by atoms with E-state index >= 15 is 0 Å². The molecule has 0 atom stereocenters. The molecule has 0 saturated heterocycles. The van der Waals surface area contributed by atoms with Gasteiger partial charge < -0.3 is 18.5 Å². The predicted molar refractivity (Wildman–Crippen MR) is 121 cm³/mol. The number of aryl methyl sites for hydroxylation is 1. The second-order valence-corrected chi connectivity index (χ2v) is 8.61. The zero-order valence-electron chi connectivity index (χ0n) is 17.3. The molecule has 0 radical (unpaired) electrons. The van der Waals surface area contributed by atoms with Gasteiger partial charge in [0.25, 0.3) is 5.22 Å². The third kappa shape index (κ3) is 3.87. The van der Waals surface area contributed by atoms with Crippen LogP contribution in [0.15, 0.2) is 58.2 Å². The van der Waals surface area contributed by atoms with Crippen LogP contribution in [0, 0.1) is 13.8 Å². The molecule has 1 aliphatic rings. The summed E-state index contributed by atoms with van der Waals surface area (Å²) in [6.45, 7) is 4.12. The summed E-state index contributed by atoms with van der Waals surface area (Å²) in [6.07, 6.45) is 0. The number of aromatic nitrogens is 3. The highest BCUT2D eigenvalue weighted by Gasteiger charge is 2.20. The Hall–Kier alpha value is -3.23. The summed E-state index contributed by atoms with van der Waals surface area (Å²) < 4.78 is 18.6. The number of fused-ring (bicyclic) bond motifs is 1. The summed E-state index contributed by atoms with van der Waals surface area (Å²) in [5, 5.41) is 9.06. The second-order valence-electron chi connectivity index (χ2n) is 7.25. The number of hydrogen-bond donors (Lipinski definition) is 0. The first-order valence-electron chi connectivity index (χ1n) is 9.84. The minimum atomic E-state index is -0.0127. The van der Waals surface area contributed by atoms with Gasteiger partial charge in [0, 0.05) is 39.3 Å². The largest absolute Gasteiger partial charge is 0.454 e. The lowest BCUT2D eigenvalue weighted by atomic mass is 10.2. The summed E-state index contributed by atoms with van der Waals surface area (Å²) in [6, 6.07) is 14.8. The van der Waals surface area contributed by atoms with E-state index in [4.69, 9.17) is 25.5 Å². The molecule has 9 heteroatoms. The molecule has 2 aromatic heterocycles. The van der Waals surface area contributed by atoms with Crippen molar-refractivity contribution in [3.8, 4) is 28.6 Å². The van der Waals surface area contributed by atoms with Crippen LogP contribution in [0.5, 0.6) is 11.5 Å². The summed E-state index contributed by atoms with van der Waals surface area (Å²) in [5.41, 5.74) is 4.16. The molecule has 7 nitrogen and oxygen atoms in total. The van der Waals surface area contributed by atoms with Crippen LogP contribution < -0.4 is 9.47 Å².